The third-order valence-corrected chi connectivity index (χ3v) is 5.15. The Bertz CT molecular complexity index is 919. The van der Waals surface area contributed by atoms with Crippen LogP contribution in [0.1, 0.15) is 30.0 Å². The fourth-order valence-corrected chi connectivity index (χ4v) is 3.70. The monoisotopic (exact) mass is 399 g/mol. The Morgan fingerprint density at radius 2 is 2.00 bits per heavy atom. The number of hydrogen-bond acceptors (Lipinski definition) is 5. The minimum absolute atomic E-state index is 0.182. The fourth-order valence-electron chi connectivity index (χ4n) is 2.74. The number of esters is 1. The van der Waals surface area contributed by atoms with Crippen LogP contribution in [-0.4, -0.2) is 24.5 Å². The molecule has 0 bridgehead atoms. The van der Waals surface area contributed by atoms with Crippen LogP contribution in [0.5, 0.6) is 0 Å². The molecule has 0 aliphatic heterocycles. The van der Waals surface area contributed by atoms with E-state index >= 15 is 0 Å². The highest BCUT2D eigenvalue weighted by Gasteiger charge is 2.25. The van der Waals surface area contributed by atoms with Crippen LogP contribution in [0.2, 0.25) is 0 Å². The van der Waals surface area contributed by atoms with Gasteiger partial charge in [-0.3, -0.25) is 4.79 Å². The van der Waals surface area contributed by atoms with E-state index in [0.717, 1.165) is 16.9 Å². The number of carbonyl (C=O) groups is 2. The number of hydrogen-bond donors (Lipinski definition) is 2. The molecule has 1 amide bonds. The van der Waals surface area contributed by atoms with Crippen LogP contribution in [0.4, 0.5) is 5.00 Å². The quantitative estimate of drug-likeness (QED) is 0.569. The van der Waals surface area contributed by atoms with Gasteiger partial charge in [-0.15, -0.1) is 11.3 Å². The van der Waals surface area contributed by atoms with Crippen molar-refractivity contribution in [2.24, 2.45) is 0 Å². The molecule has 2 heterocycles. The first-order chi connectivity index (χ1) is 13.6. The third kappa shape index (κ3) is 4.68. The maximum absolute atomic E-state index is 12.6. The minimum Gasteiger partial charge on any atom is -0.463 e. The molecule has 0 fully saturated rings. The smallest absolute Gasteiger partial charge is 0.341 e. The van der Waals surface area contributed by atoms with E-state index in [1.807, 2.05) is 60.1 Å². The van der Waals surface area contributed by atoms with Gasteiger partial charge in [-0.05, 0) is 31.5 Å². The molecule has 0 saturated heterocycles. The molecule has 0 spiro atoms. The predicted molar refractivity (Wildman–Crippen MR) is 108 cm³/mol. The van der Waals surface area contributed by atoms with E-state index in [2.05, 4.69) is 5.32 Å². The molecule has 3 rings (SSSR count). The van der Waals surface area contributed by atoms with Gasteiger partial charge in [0.15, 0.2) is 11.8 Å². The highest BCUT2D eigenvalue weighted by molar-refractivity contribution is 7.15. The molecule has 0 aliphatic rings. The SMILES string of the molecule is CCOC(=O)c1c(-c2ccccc2)csc1NC(=O)[C@@H](C)[NH2+]Cc1ccco1. The highest BCUT2D eigenvalue weighted by Crippen LogP contribution is 2.36. The number of amides is 1. The van der Waals surface area contributed by atoms with Crippen LogP contribution in [0.15, 0.2) is 58.5 Å². The molecule has 0 saturated carbocycles. The summed E-state index contributed by atoms with van der Waals surface area (Å²) < 4.78 is 10.5. The summed E-state index contributed by atoms with van der Waals surface area (Å²) in [4.78, 5) is 25.2. The number of anilines is 1. The Kier molecular flexibility index (Phi) is 6.62. The van der Waals surface area contributed by atoms with Gasteiger partial charge in [-0.2, -0.15) is 0 Å². The number of thiophene rings is 1. The molecule has 7 heteroatoms. The molecular formula is C21H23N2O4S+. The number of quaternary nitrogens is 1. The Morgan fingerprint density at radius 3 is 2.68 bits per heavy atom. The molecule has 0 aliphatic carbocycles. The lowest BCUT2D eigenvalue weighted by Crippen LogP contribution is -2.90. The average molecular weight is 399 g/mol. The lowest BCUT2D eigenvalue weighted by Gasteiger charge is -2.12. The molecule has 1 aromatic carbocycles. The van der Waals surface area contributed by atoms with E-state index in [4.69, 9.17) is 9.15 Å². The second-order valence-electron chi connectivity index (χ2n) is 6.24. The summed E-state index contributed by atoms with van der Waals surface area (Å²) in [5, 5.41) is 7.14. The molecule has 3 N–H and O–H groups in total. The Balaban J connectivity index is 1.78. The molecule has 2 aromatic heterocycles. The number of furan rings is 1. The van der Waals surface area contributed by atoms with Gasteiger partial charge in [-0.25, -0.2) is 4.79 Å². The normalized spacial score (nSPS) is 11.8. The molecule has 28 heavy (non-hydrogen) atoms. The molecule has 6 nitrogen and oxygen atoms in total. The topological polar surface area (TPSA) is 85.1 Å². The van der Waals surface area contributed by atoms with E-state index < -0.39 is 5.97 Å². The first-order valence-corrected chi connectivity index (χ1v) is 9.98. The standard InChI is InChI=1S/C21H22N2O4S/c1-3-26-21(25)18-17(15-8-5-4-6-9-15)13-28-20(18)23-19(24)14(2)22-12-16-10-7-11-27-16/h4-11,13-14,22H,3,12H2,1-2H3,(H,23,24)/p+1/t14-/m1/s1. The lowest BCUT2D eigenvalue weighted by molar-refractivity contribution is -0.690. The summed E-state index contributed by atoms with van der Waals surface area (Å²) in [5.74, 6) is 0.179. The van der Waals surface area contributed by atoms with Crippen molar-refractivity contribution >= 4 is 28.2 Å². The zero-order chi connectivity index (χ0) is 19.9. The summed E-state index contributed by atoms with van der Waals surface area (Å²) in [7, 11) is 0. The maximum Gasteiger partial charge on any atom is 0.341 e. The lowest BCUT2D eigenvalue weighted by atomic mass is 10.0. The zero-order valence-corrected chi connectivity index (χ0v) is 16.6. The van der Waals surface area contributed by atoms with E-state index in [1.54, 1.807) is 13.2 Å². The zero-order valence-electron chi connectivity index (χ0n) is 15.8. The van der Waals surface area contributed by atoms with Gasteiger partial charge in [0.1, 0.15) is 17.1 Å². The van der Waals surface area contributed by atoms with E-state index in [1.165, 1.54) is 11.3 Å². The molecule has 0 radical (unpaired) electrons. The van der Waals surface area contributed by atoms with Gasteiger partial charge in [0.25, 0.3) is 5.91 Å². The average Bonchev–Trinajstić information content (AvgIpc) is 3.37. The fraction of sp³-hybridized carbons (Fsp3) is 0.238. The van der Waals surface area contributed by atoms with Crippen molar-refractivity contribution in [1.29, 1.82) is 0 Å². The summed E-state index contributed by atoms with van der Waals surface area (Å²) in [5.41, 5.74) is 2.05. The second kappa shape index (κ2) is 9.34. The van der Waals surface area contributed by atoms with Gasteiger partial charge in [0.2, 0.25) is 0 Å². The van der Waals surface area contributed by atoms with Crippen LogP contribution in [0.3, 0.4) is 0 Å². The van der Waals surface area contributed by atoms with Crippen LogP contribution in [-0.2, 0) is 16.1 Å². The van der Waals surface area contributed by atoms with Gasteiger partial charge in [0, 0.05) is 10.9 Å². The van der Waals surface area contributed by atoms with Gasteiger partial charge in [0.05, 0.1) is 12.9 Å². The van der Waals surface area contributed by atoms with Crippen molar-refractivity contribution in [3.05, 3.63) is 65.4 Å². The van der Waals surface area contributed by atoms with Crippen molar-refractivity contribution in [2.45, 2.75) is 26.4 Å². The largest absolute Gasteiger partial charge is 0.463 e. The summed E-state index contributed by atoms with van der Waals surface area (Å²) in [6.07, 6.45) is 1.61. The summed E-state index contributed by atoms with van der Waals surface area (Å²) >= 11 is 1.32. The number of ether oxygens (including phenoxy) is 1. The number of rotatable bonds is 8. The Morgan fingerprint density at radius 1 is 1.21 bits per heavy atom. The van der Waals surface area contributed by atoms with Crippen molar-refractivity contribution < 1.29 is 24.1 Å². The van der Waals surface area contributed by atoms with Crippen molar-refractivity contribution in [3.8, 4) is 11.1 Å². The predicted octanol–water partition coefficient (Wildman–Crippen LogP) is 3.28. The van der Waals surface area contributed by atoms with Crippen LogP contribution >= 0.6 is 11.3 Å². The van der Waals surface area contributed by atoms with E-state index in [9.17, 15) is 9.59 Å². The first-order valence-electron chi connectivity index (χ1n) is 9.10. The van der Waals surface area contributed by atoms with Crippen molar-refractivity contribution in [3.63, 3.8) is 0 Å². The van der Waals surface area contributed by atoms with Gasteiger partial charge in [-0.1, -0.05) is 30.3 Å². The van der Waals surface area contributed by atoms with E-state index in [-0.39, 0.29) is 18.6 Å². The molecule has 1 atom stereocenters. The van der Waals surface area contributed by atoms with Gasteiger partial charge >= 0.3 is 5.97 Å². The minimum atomic E-state index is -0.440. The van der Waals surface area contributed by atoms with Crippen LogP contribution < -0.4 is 10.6 Å². The third-order valence-electron chi connectivity index (χ3n) is 4.26. The number of nitrogens with one attached hydrogen (secondary N) is 1. The molecule has 0 unspecified atom stereocenters. The van der Waals surface area contributed by atoms with E-state index in [0.29, 0.717) is 17.1 Å². The number of carbonyl (C=O) groups excluding carboxylic acids is 2. The molecular weight excluding hydrogens is 376 g/mol. The number of nitrogens with two attached hydrogens (primary N) is 1. The van der Waals surface area contributed by atoms with Crippen molar-refractivity contribution in [2.75, 3.05) is 11.9 Å². The molecule has 3 aromatic rings. The molecule has 146 valence electrons. The van der Waals surface area contributed by atoms with Crippen LogP contribution in [0.25, 0.3) is 11.1 Å². The summed E-state index contributed by atoms with van der Waals surface area (Å²) in [6, 6.07) is 12.9. The van der Waals surface area contributed by atoms with Crippen LogP contribution in [0, 0.1) is 0 Å². The highest BCUT2D eigenvalue weighted by atomic mass is 32.1. The first kappa shape index (κ1) is 19.9. The van der Waals surface area contributed by atoms with Crippen molar-refractivity contribution in [1.82, 2.24) is 0 Å². The Labute approximate surface area is 167 Å². The summed E-state index contributed by atoms with van der Waals surface area (Å²) in [6.45, 7) is 4.40. The van der Waals surface area contributed by atoms with Gasteiger partial charge < -0.3 is 19.8 Å². The second-order valence-corrected chi connectivity index (χ2v) is 7.12. The Hall–Kier alpha value is -2.90. The number of benzene rings is 1. The maximum atomic E-state index is 12.6.